The van der Waals surface area contributed by atoms with Gasteiger partial charge in [-0.25, -0.2) is 0 Å². The van der Waals surface area contributed by atoms with E-state index < -0.39 is 6.10 Å². The Hall–Kier alpha value is -1.91. The van der Waals surface area contributed by atoms with Crippen molar-refractivity contribution in [2.75, 3.05) is 19.9 Å². The first-order valence-electron chi connectivity index (χ1n) is 4.90. The molecule has 88 valence electrons. The molecule has 3 N–H and O–H groups in total. The van der Waals surface area contributed by atoms with E-state index in [0.717, 1.165) is 0 Å². The number of nitrogens with one attached hydrogen (secondary N) is 1. The Labute approximate surface area is 94.5 Å². The molecule has 1 amide bonds. The zero-order chi connectivity index (χ0) is 12.1. The maximum absolute atomic E-state index is 11.2. The molecule has 5 heteroatoms. The molecule has 16 heavy (non-hydrogen) atoms. The average Bonchev–Trinajstić information content (AvgIpc) is 2.28. The largest absolute Gasteiger partial charge is 0.495 e. The molecule has 0 aliphatic heterocycles. The summed E-state index contributed by atoms with van der Waals surface area (Å²) in [6.45, 7) is 1.67. The van der Waals surface area contributed by atoms with Crippen molar-refractivity contribution in [1.82, 2.24) is 5.32 Å². The fraction of sp³-hybridized carbons (Fsp3) is 0.364. The third-order valence-corrected chi connectivity index (χ3v) is 2.13. The quantitative estimate of drug-likeness (QED) is 0.741. The van der Waals surface area contributed by atoms with Crippen LogP contribution in [0.4, 0.5) is 5.69 Å². The van der Waals surface area contributed by atoms with Gasteiger partial charge in [-0.1, -0.05) is 0 Å². The number of amides is 1. The second kappa shape index (κ2) is 5.25. The summed E-state index contributed by atoms with van der Waals surface area (Å²) < 4.78 is 10.4. The summed E-state index contributed by atoms with van der Waals surface area (Å²) in [4.78, 5) is 11.2. The highest BCUT2D eigenvalue weighted by molar-refractivity contribution is 5.80. The van der Waals surface area contributed by atoms with Gasteiger partial charge in [0.15, 0.2) is 6.10 Å². The van der Waals surface area contributed by atoms with Crippen molar-refractivity contribution in [2.45, 2.75) is 13.0 Å². The van der Waals surface area contributed by atoms with Crippen LogP contribution in [0, 0.1) is 0 Å². The van der Waals surface area contributed by atoms with Crippen molar-refractivity contribution in [3.8, 4) is 11.5 Å². The Morgan fingerprint density at radius 1 is 1.50 bits per heavy atom. The SMILES string of the molecule is CNC(=O)C(C)Oc1ccc(OC)c(N)c1. The normalized spacial score (nSPS) is 11.7. The number of nitrogen functional groups attached to an aromatic ring is 1. The van der Waals surface area contributed by atoms with E-state index in [0.29, 0.717) is 17.2 Å². The van der Waals surface area contributed by atoms with Crippen LogP contribution < -0.4 is 20.5 Å². The van der Waals surface area contributed by atoms with Crippen LogP contribution in [0.2, 0.25) is 0 Å². The molecule has 0 saturated heterocycles. The Kier molecular flexibility index (Phi) is 3.99. The Bertz CT molecular complexity index is 379. The molecule has 0 fully saturated rings. The first-order valence-corrected chi connectivity index (χ1v) is 4.90. The van der Waals surface area contributed by atoms with E-state index in [1.54, 1.807) is 39.3 Å². The first kappa shape index (κ1) is 12.2. The van der Waals surface area contributed by atoms with E-state index in [1.807, 2.05) is 0 Å². The van der Waals surface area contributed by atoms with Gasteiger partial charge in [-0.15, -0.1) is 0 Å². The lowest BCUT2D eigenvalue weighted by Crippen LogP contribution is -2.33. The molecular formula is C11H16N2O3. The van der Waals surface area contributed by atoms with Gasteiger partial charge in [0.05, 0.1) is 12.8 Å². The van der Waals surface area contributed by atoms with E-state index in [4.69, 9.17) is 15.2 Å². The third-order valence-electron chi connectivity index (χ3n) is 2.13. The van der Waals surface area contributed by atoms with Crippen LogP contribution in [0.5, 0.6) is 11.5 Å². The fourth-order valence-electron chi connectivity index (χ4n) is 1.25. The summed E-state index contributed by atoms with van der Waals surface area (Å²) in [5.41, 5.74) is 6.19. The van der Waals surface area contributed by atoms with Crippen LogP contribution in [0.25, 0.3) is 0 Å². The minimum Gasteiger partial charge on any atom is -0.495 e. The van der Waals surface area contributed by atoms with Gasteiger partial charge in [-0.05, 0) is 19.1 Å². The second-order valence-electron chi connectivity index (χ2n) is 3.28. The minimum absolute atomic E-state index is 0.186. The first-order chi connectivity index (χ1) is 7.58. The second-order valence-corrected chi connectivity index (χ2v) is 3.28. The Balaban J connectivity index is 2.75. The summed E-state index contributed by atoms with van der Waals surface area (Å²) in [6, 6.07) is 5.02. The highest BCUT2D eigenvalue weighted by Crippen LogP contribution is 2.26. The van der Waals surface area contributed by atoms with Crippen molar-refractivity contribution in [3.63, 3.8) is 0 Å². The number of methoxy groups -OCH3 is 1. The molecule has 0 heterocycles. The Morgan fingerprint density at radius 3 is 2.69 bits per heavy atom. The average molecular weight is 224 g/mol. The lowest BCUT2D eigenvalue weighted by atomic mass is 10.2. The molecular weight excluding hydrogens is 208 g/mol. The number of ether oxygens (including phenoxy) is 2. The zero-order valence-electron chi connectivity index (χ0n) is 9.61. The summed E-state index contributed by atoms with van der Waals surface area (Å²) >= 11 is 0. The molecule has 0 aromatic heterocycles. The highest BCUT2D eigenvalue weighted by Gasteiger charge is 2.13. The fourth-order valence-corrected chi connectivity index (χ4v) is 1.25. The number of rotatable bonds is 4. The van der Waals surface area contributed by atoms with Crippen molar-refractivity contribution < 1.29 is 14.3 Å². The number of hydrogen-bond acceptors (Lipinski definition) is 4. The molecule has 5 nitrogen and oxygen atoms in total. The lowest BCUT2D eigenvalue weighted by Gasteiger charge is -2.14. The zero-order valence-corrected chi connectivity index (χ0v) is 9.61. The number of likely N-dealkylation sites (N-methyl/N-ethyl adjacent to an activating group) is 1. The van der Waals surface area contributed by atoms with E-state index in [1.165, 1.54) is 0 Å². The maximum Gasteiger partial charge on any atom is 0.260 e. The molecule has 1 aromatic rings. The van der Waals surface area contributed by atoms with Crippen LogP contribution in [-0.2, 0) is 4.79 Å². The van der Waals surface area contributed by atoms with Crippen molar-refractivity contribution >= 4 is 11.6 Å². The Morgan fingerprint density at radius 2 is 2.19 bits per heavy atom. The predicted molar refractivity (Wildman–Crippen MR) is 61.6 cm³/mol. The van der Waals surface area contributed by atoms with Gasteiger partial charge < -0.3 is 20.5 Å². The number of carbonyl (C=O) groups is 1. The van der Waals surface area contributed by atoms with Gasteiger partial charge >= 0.3 is 0 Å². The van der Waals surface area contributed by atoms with Crippen molar-refractivity contribution in [2.24, 2.45) is 0 Å². The molecule has 0 radical (unpaired) electrons. The van der Waals surface area contributed by atoms with Gasteiger partial charge in [0.25, 0.3) is 5.91 Å². The van der Waals surface area contributed by atoms with Gasteiger partial charge in [0.1, 0.15) is 11.5 Å². The number of hydrogen-bond donors (Lipinski definition) is 2. The van der Waals surface area contributed by atoms with Crippen LogP contribution in [0.15, 0.2) is 18.2 Å². The number of nitrogens with two attached hydrogens (primary N) is 1. The topological polar surface area (TPSA) is 73.6 Å². The molecule has 0 aliphatic carbocycles. The molecule has 1 atom stereocenters. The van der Waals surface area contributed by atoms with Gasteiger partial charge in [0.2, 0.25) is 0 Å². The number of benzene rings is 1. The van der Waals surface area contributed by atoms with Gasteiger partial charge in [-0.3, -0.25) is 4.79 Å². The van der Waals surface area contributed by atoms with E-state index in [-0.39, 0.29) is 5.91 Å². The predicted octanol–water partition coefficient (Wildman–Crippen LogP) is 0.791. The molecule has 1 aromatic carbocycles. The number of anilines is 1. The molecule has 1 rings (SSSR count). The van der Waals surface area contributed by atoms with Crippen LogP contribution >= 0.6 is 0 Å². The van der Waals surface area contributed by atoms with Gasteiger partial charge in [-0.2, -0.15) is 0 Å². The molecule has 0 spiro atoms. The maximum atomic E-state index is 11.2. The van der Waals surface area contributed by atoms with E-state index in [2.05, 4.69) is 5.32 Å². The van der Waals surface area contributed by atoms with Crippen LogP contribution in [0.1, 0.15) is 6.92 Å². The summed E-state index contributed by atoms with van der Waals surface area (Å²) in [7, 11) is 3.10. The van der Waals surface area contributed by atoms with Crippen LogP contribution in [-0.4, -0.2) is 26.2 Å². The van der Waals surface area contributed by atoms with E-state index in [9.17, 15) is 4.79 Å². The van der Waals surface area contributed by atoms with Crippen molar-refractivity contribution in [1.29, 1.82) is 0 Å². The summed E-state index contributed by atoms with van der Waals surface area (Å²) in [6.07, 6.45) is -0.558. The minimum atomic E-state index is -0.558. The summed E-state index contributed by atoms with van der Waals surface area (Å²) in [5.74, 6) is 0.934. The van der Waals surface area contributed by atoms with Crippen LogP contribution in [0.3, 0.4) is 0 Å². The molecule has 0 saturated carbocycles. The standard InChI is InChI=1S/C11H16N2O3/c1-7(11(14)13-2)16-8-4-5-10(15-3)9(12)6-8/h4-7H,12H2,1-3H3,(H,13,14). The molecule has 0 aliphatic rings. The highest BCUT2D eigenvalue weighted by atomic mass is 16.5. The van der Waals surface area contributed by atoms with E-state index >= 15 is 0 Å². The van der Waals surface area contributed by atoms with Crippen molar-refractivity contribution in [3.05, 3.63) is 18.2 Å². The lowest BCUT2D eigenvalue weighted by molar-refractivity contribution is -0.126. The monoisotopic (exact) mass is 224 g/mol. The summed E-state index contributed by atoms with van der Waals surface area (Å²) in [5, 5.41) is 2.50. The smallest absolute Gasteiger partial charge is 0.260 e. The number of carbonyl (C=O) groups excluding carboxylic acids is 1. The molecule has 0 bridgehead atoms. The third kappa shape index (κ3) is 2.79. The van der Waals surface area contributed by atoms with Gasteiger partial charge in [0, 0.05) is 13.1 Å². The molecule has 1 unspecified atom stereocenters.